The Morgan fingerprint density at radius 1 is 1.00 bits per heavy atom. The Bertz CT molecular complexity index is 815. The first kappa shape index (κ1) is 19.0. The van der Waals surface area contributed by atoms with Crippen molar-refractivity contribution in [2.75, 3.05) is 26.1 Å². The lowest BCUT2D eigenvalue weighted by molar-refractivity contribution is -0.119. The molecule has 0 spiro atoms. The quantitative estimate of drug-likeness (QED) is 0.774. The molecule has 0 aliphatic carbocycles. The molecule has 0 aliphatic heterocycles. The maximum Gasteiger partial charge on any atom is 0.338 e. The fourth-order valence-corrected chi connectivity index (χ4v) is 2.21. The van der Waals surface area contributed by atoms with Crippen LogP contribution in [0.15, 0.2) is 42.5 Å². The highest BCUT2D eigenvalue weighted by atomic mass is 16.5. The lowest BCUT2D eigenvalue weighted by Crippen LogP contribution is -2.21. The predicted molar refractivity (Wildman–Crippen MR) is 96.5 cm³/mol. The molecule has 0 aliphatic rings. The summed E-state index contributed by atoms with van der Waals surface area (Å²) in [6.07, 6.45) is 0. The SMILES string of the molecule is CNC(=O)c1ccc(NC(=O)COC(=O)c2ccc(C)c(OC)c2)cc1. The molecule has 0 atom stereocenters. The van der Waals surface area contributed by atoms with Crippen LogP contribution >= 0.6 is 0 Å². The molecular formula is C19H20N2O5. The van der Waals surface area contributed by atoms with Gasteiger partial charge in [0.1, 0.15) is 5.75 Å². The van der Waals surface area contributed by atoms with Gasteiger partial charge in [-0.2, -0.15) is 0 Å². The van der Waals surface area contributed by atoms with Crippen LogP contribution in [0.25, 0.3) is 0 Å². The monoisotopic (exact) mass is 356 g/mol. The molecule has 7 heteroatoms. The topological polar surface area (TPSA) is 93.7 Å². The van der Waals surface area contributed by atoms with Crippen LogP contribution in [-0.2, 0) is 9.53 Å². The van der Waals surface area contributed by atoms with Crippen molar-refractivity contribution < 1.29 is 23.9 Å². The van der Waals surface area contributed by atoms with Gasteiger partial charge in [-0.15, -0.1) is 0 Å². The molecular weight excluding hydrogens is 336 g/mol. The second kappa shape index (κ2) is 8.66. The average molecular weight is 356 g/mol. The molecule has 0 bridgehead atoms. The van der Waals surface area contributed by atoms with Gasteiger partial charge in [0.15, 0.2) is 6.61 Å². The van der Waals surface area contributed by atoms with Crippen molar-refractivity contribution in [2.45, 2.75) is 6.92 Å². The Balaban J connectivity index is 1.90. The van der Waals surface area contributed by atoms with E-state index < -0.39 is 18.5 Å². The van der Waals surface area contributed by atoms with E-state index in [1.807, 2.05) is 6.92 Å². The van der Waals surface area contributed by atoms with E-state index in [0.29, 0.717) is 22.6 Å². The van der Waals surface area contributed by atoms with Crippen LogP contribution in [0.5, 0.6) is 5.75 Å². The van der Waals surface area contributed by atoms with E-state index in [0.717, 1.165) is 5.56 Å². The van der Waals surface area contributed by atoms with Crippen LogP contribution in [0.2, 0.25) is 0 Å². The van der Waals surface area contributed by atoms with Crippen LogP contribution in [0.3, 0.4) is 0 Å². The molecule has 2 N–H and O–H groups in total. The molecule has 0 saturated heterocycles. The number of carbonyl (C=O) groups is 3. The summed E-state index contributed by atoms with van der Waals surface area (Å²) in [4.78, 5) is 35.4. The van der Waals surface area contributed by atoms with E-state index in [1.165, 1.54) is 14.2 Å². The number of benzene rings is 2. The molecule has 0 heterocycles. The van der Waals surface area contributed by atoms with Gasteiger partial charge in [0, 0.05) is 18.3 Å². The number of hydrogen-bond acceptors (Lipinski definition) is 5. The highest BCUT2D eigenvalue weighted by Crippen LogP contribution is 2.19. The summed E-state index contributed by atoms with van der Waals surface area (Å²) in [5.74, 6) is -0.746. The van der Waals surface area contributed by atoms with Crippen LogP contribution in [0.4, 0.5) is 5.69 Å². The van der Waals surface area contributed by atoms with Crippen molar-refractivity contribution in [1.82, 2.24) is 5.32 Å². The fraction of sp³-hybridized carbons (Fsp3) is 0.211. The summed E-state index contributed by atoms with van der Waals surface area (Å²) in [6.45, 7) is 1.43. The third-order valence-electron chi connectivity index (χ3n) is 3.64. The van der Waals surface area contributed by atoms with E-state index in [9.17, 15) is 14.4 Å². The molecule has 0 radical (unpaired) electrons. The van der Waals surface area contributed by atoms with Crippen molar-refractivity contribution >= 4 is 23.5 Å². The lowest BCUT2D eigenvalue weighted by Gasteiger charge is -2.09. The summed E-state index contributed by atoms with van der Waals surface area (Å²) in [7, 11) is 3.05. The number of anilines is 1. The molecule has 26 heavy (non-hydrogen) atoms. The summed E-state index contributed by atoms with van der Waals surface area (Å²) in [5, 5.41) is 5.10. The zero-order valence-electron chi connectivity index (χ0n) is 14.8. The number of nitrogens with one attached hydrogen (secondary N) is 2. The van der Waals surface area contributed by atoms with Crippen LogP contribution in [-0.4, -0.2) is 38.5 Å². The van der Waals surface area contributed by atoms with Crippen molar-refractivity contribution in [2.24, 2.45) is 0 Å². The molecule has 2 rings (SSSR count). The normalized spacial score (nSPS) is 9.96. The number of hydrogen-bond donors (Lipinski definition) is 2. The van der Waals surface area contributed by atoms with E-state index in [4.69, 9.17) is 9.47 Å². The maximum absolute atomic E-state index is 12.0. The van der Waals surface area contributed by atoms with E-state index >= 15 is 0 Å². The van der Waals surface area contributed by atoms with Crippen molar-refractivity contribution in [3.05, 3.63) is 59.2 Å². The Morgan fingerprint density at radius 3 is 2.27 bits per heavy atom. The fourth-order valence-electron chi connectivity index (χ4n) is 2.21. The summed E-state index contributed by atoms with van der Waals surface area (Å²) < 4.78 is 10.2. The largest absolute Gasteiger partial charge is 0.496 e. The van der Waals surface area contributed by atoms with Crippen LogP contribution in [0.1, 0.15) is 26.3 Å². The highest BCUT2D eigenvalue weighted by molar-refractivity contribution is 5.97. The molecule has 2 amide bonds. The molecule has 0 saturated carbocycles. The molecule has 7 nitrogen and oxygen atoms in total. The minimum atomic E-state index is -0.617. The first-order valence-electron chi connectivity index (χ1n) is 7.88. The Hall–Kier alpha value is -3.35. The third-order valence-corrected chi connectivity index (χ3v) is 3.64. The maximum atomic E-state index is 12.0. The van der Waals surface area contributed by atoms with Gasteiger partial charge in [-0.3, -0.25) is 9.59 Å². The van der Waals surface area contributed by atoms with E-state index in [-0.39, 0.29) is 5.91 Å². The average Bonchev–Trinajstić information content (AvgIpc) is 2.66. The third kappa shape index (κ3) is 4.83. The molecule has 0 fully saturated rings. The Kier molecular flexibility index (Phi) is 6.32. The van der Waals surface area contributed by atoms with Gasteiger partial charge in [-0.25, -0.2) is 4.79 Å². The molecule has 2 aromatic carbocycles. The number of aryl methyl sites for hydroxylation is 1. The number of carbonyl (C=O) groups excluding carboxylic acids is 3. The van der Waals surface area contributed by atoms with E-state index in [2.05, 4.69) is 10.6 Å². The van der Waals surface area contributed by atoms with Gasteiger partial charge in [-0.1, -0.05) is 6.07 Å². The smallest absolute Gasteiger partial charge is 0.338 e. The second-order valence-corrected chi connectivity index (χ2v) is 5.47. The zero-order valence-corrected chi connectivity index (χ0v) is 14.8. The molecule has 136 valence electrons. The number of methoxy groups -OCH3 is 1. The Labute approximate surface area is 151 Å². The minimum Gasteiger partial charge on any atom is -0.496 e. The van der Waals surface area contributed by atoms with Gasteiger partial charge in [0.05, 0.1) is 12.7 Å². The summed E-state index contributed by atoms with van der Waals surface area (Å²) in [6, 6.07) is 11.3. The van der Waals surface area contributed by atoms with Gasteiger partial charge in [-0.05, 0) is 48.9 Å². The van der Waals surface area contributed by atoms with Gasteiger partial charge < -0.3 is 20.1 Å². The van der Waals surface area contributed by atoms with Gasteiger partial charge in [0.25, 0.3) is 11.8 Å². The van der Waals surface area contributed by atoms with Crippen molar-refractivity contribution in [3.63, 3.8) is 0 Å². The second-order valence-electron chi connectivity index (χ2n) is 5.47. The lowest BCUT2D eigenvalue weighted by atomic mass is 10.1. The predicted octanol–water partition coefficient (Wildman–Crippen LogP) is 2.16. The molecule has 2 aromatic rings. The first-order chi connectivity index (χ1) is 12.4. The van der Waals surface area contributed by atoms with Crippen LogP contribution < -0.4 is 15.4 Å². The summed E-state index contributed by atoms with van der Waals surface area (Å²) >= 11 is 0. The van der Waals surface area contributed by atoms with Gasteiger partial charge >= 0.3 is 5.97 Å². The Morgan fingerprint density at radius 2 is 1.65 bits per heavy atom. The van der Waals surface area contributed by atoms with Crippen molar-refractivity contribution in [1.29, 1.82) is 0 Å². The molecule has 0 unspecified atom stereocenters. The van der Waals surface area contributed by atoms with Crippen LogP contribution in [0, 0.1) is 6.92 Å². The minimum absolute atomic E-state index is 0.217. The zero-order chi connectivity index (χ0) is 19.1. The van der Waals surface area contributed by atoms with Gasteiger partial charge in [0.2, 0.25) is 0 Å². The number of amides is 2. The standard InChI is InChI=1S/C19H20N2O5/c1-12-4-5-14(10-16(12)25-3)19(24)26-11-17(22)21-15-8-6-13(7-9-15)18(23)20-2/h4-10H,11H2,1-3H3,(H,20,23)(H,21,22). The highest BCUT2D eigenvalue weighted by Gasteiger charge is 2.12. The van der Waals surface area contributed by atoms with Crippen molar-refractivity contribution in [3.8, 4) is 5.75 Å². The molecule has 0 aromatic heterocycles. The summed E-state index contributed by atoms with van der Waals surface area (Å²) in [5.41, 5.74) is 2.16. The van der Waals surface area contributed by atoms with E-state index in [1.54, 1.807) is 42.5 Å². The number of ether oxygens (including phenoxy) is 2. The number of esters is 1. The number of rotatable bonds is 6. The first-order valence-corrected chi connectivity index (χ1v) is 7.88.